The van der Waals surface area contributed by atoms with E-state index in [0.29, 0.717) is 11.0 Å². The normalized spacial score (nSPS) is 17.9. The summed E-state index contributed by atoms with van der Waals surface area (Å²) < 4.78 is 4.89. The lowest BCUT2D eigenvalue weighted by atomic mass is 9.67. The summed E-state index contributed by atoms with van der Waals surface area (Å²) in [5.74, 6) is -0.140. The lowest BCUT2D eigenvalue weighted by molar-refractivity contribution is 0.0849. The second-order valence-corrected chi connectivity index (χ2v) is 4.84. The van der Waals surface area contributed by atoms with Gasteiger partial charge < -0.3 is 9.73 Å². The molecule has 88 valence electrons. The zero-order valence-corrected chi connectivity index (χ0v) is 10.1. The Labute approximate surface area is 100 Å². The van der Waals surface area contributed by atoms with Crippen LogP contribution in [0.25, 0.3) is 0 Å². The van der Waals surface area contributed by atoms with Crippen LogP contribution in [-0.2, 0) is 0 Å². The topological polar surface area (TPSA) is 42.2 Å². The highest BCUT2D eigenvalue weighted by atomic mass is 35.5. The number of amides is 1. The molecule has 1 fully saturated rings. The Hall–Kier alpha value is -0.960. The zero-order chi connectivity index (χ0) is 11.6. The van der Waals surface area contributed by atoms with E-state index in [2.05, 4.69) is 12.2 Å². The maximum atomic E-state index is 11.8. The summed E-state index contributed by atoms with van der Waals surface area (Å²) in [6.07, 6.45) is 6.24. The molecule has 0 unspecified atom stereocenters. The Morgan fingerprint density at radius 2 is 2.38 bits per heavy atom. The Morgan fingerprint density at radius 1 is 1.62 bits per heavy atom. The highest BCUT2D eigenvalue weighted by Crippen LogP contribution is 2.43. The third kappa shape index (κ3) is 2.09. The number of furan rings is 1. The minimum absolute atomic E-state index is 0.140. The molecule has 0 spiro atoms. The molecule has 2 rings (SSSR count). The first-order chi connectivity index (χ1) is 7.67. The molecule has 1 amide bonds. The van der Waals surface area contributed by atoms with Crippen LogP contribution in [0.2, 0.25) is 5.22 Å². The van der Waals surface area contributed by atoms with Crippen LogP contribution in [0.15, 0.2) is 16.7 Å². The van der Waals surface area contributed by atoms with Gasteiger partial charge in [-0.05, 0) is 42.3 Å². The second-order valence-electron chi connectivity index (χ2n) is 4.50. The lowest BCUT2D eigenvalue weighted by Gasteiger charge is -2.41. The third-order valence-electron chi connectivity index (χ3n) is 3.65. The number of hydrogen-bond donors (Lipinski definition) is 1. The average molecular weight is 242 g/mol. The van der Waals surface area contributed by atoms with Crippen LogP contribution < -0.4 is 5.32 Å². The predicted molar refractivity (Wildman–Crippen MR) is 62.6 cm³/mol. The molecule has 0 bridgehead atoms. The third-order valence-corrected chi connectivity index (χ3v) is 3.94. The van der Waals surface area contributed by atoms with Crippen molar-refractivity contribution in [3.8, 4) is 0 Å². The fraction of sp³-hybridized carbons (Fsp3) is 0.583. The number of nitrogens with one attached hydrogen (secondary N) is 1. The van der Waals surface area contributed by atoms with Gasteiger partial charge >= 0.3 is 0 Å². The summed E-state index contributed by atoms with van der Waals surface area (Å²) in [5.41, 5.74) is 0.749. The van der Waals surface area contributed by atoms with Gasteiger partial charge in [-0.2, -0.15) is 0 Å². The fourth-order valence-corrected chi connectivity index (χ4v) is 2.35. The predicted octanol–water partition coefficient (Wildman–Crippen LogP) is 3.24. The number of halogens is 1. The molecule has 0 saturated heterocycles. The van der Waals surface area contributed by atoms with Crippen molar-refractivity contribution < 1.29 is 9.21 Å². The molecule has 0 atom stereocenters. The van der Waals surface area contributed by atoms with Crippen LogP contribution >= 0.6 is 11.6 Å². The smallest absolute Gasteiger partial charge is 0.256 e. The summed E-state index contributed by atoms with van der Waals surface area (Å²) >= 11 is 5.74. The number of carbonyl (C=O) groups is 1. The molecule has 3 nitrogen and oxygen atoms in total. The second kappa shape index (κ2) is 4.50. The first kappa shape index (κ1) is 11.5. The number of hydrogen-bond acceptors (Lipinski definition) is 2. The molecule has 0 aromatic carbocycles. The quantitative estimate of drug-likeness (QED) is 0.879. The summed E-state index contributed by atoms with van der Waals surface area (Å²) in [6, 6.07) is 1.59. The van der Waals surface area contributed by atoms with Gasteiger partial charge in [0.2, 0.25) is 5.22 Å². The van der Waals surface area contributed by atoms with E-state index in [0.717, 1.165) is 13.0 Å². The molecule has 16 heavy (non-hydrogen) atoms. The van der Waals surface area contributed by atoms with Crippen LogP contribution in [-0.4, -0.2) is 12.5 Å². The highest BCUT2D eigenvalue weighted by Gasteiger charge is 2.35. The first-order valence-electron chi connectivity index (χ1n) is 5.68. The SMILES string of the molecule is CCC1(CNC(=O)c2ccoc2Cl)CCC1. The molecule has 0 aliphatic heterocycles. The molecule has 1 aliphatic carbocycles. The van der Waals surface area contributed by atoms with Gasteiger partial charge in [-0.3, -0.25) is 4.79 Å². The first-order valence-corrected chi connectivity index (χ1v) is 6.06. The summed E-state index contributed by atoms with van der Waals surface area (Å²) in [7, 11) is 0. The van der Waals surface area contributed by atoms with E-state index in [1.54, 1.807) is 6.07 Å². The van der Waals surface area contributed by atoms with Crippen molar-refractivity contribution in [2.75, 3.05) is 6.54 Å². The molecule has 1 N–H and O–H groups in total. The van der Waals surface area contributed by atoms with Crippen LogP contribution in [0.4, 0.5) is 0 Å². The van der Waals surface area contributed by atoms with Gasteiger partial charge in [0.15, 0.2) is 0 Å². The van der Waals surface area contributed by atoms with E-state index in [1.807, 2.05) is 0 Å². The Morgan fingerprint density at radius 3 is 2.81 bits per heavy atom. The lowest BCUT2D eigenvalue weighted by Crippen LogP contribution is -2.41. The maximum Gasteiger partial charge on any atom is 0.256 e. The van der Waals surface area contributed by atoms with Crippen molar-refractivity contribution in [2.24, 2.45) is 5.41 Å². The molecule has 4 heteroatoms. The highest BCUT2D eigenvalue weighted by molar-refractivity contribution is 6.32. The van der Waals surface area contributed by atoms with Crippen molar-refractivity contribution in [1.29, 1.82) is 0 Å². The minimum Gasteiger partial charge on any atom is -0.452 e. The molecule has 1 heterocycles. The van der Waals surface area contributed by atoms with Crippen molar-refractivity contribution >= 4 is 17.5 Å². The maximum absolute atomic E-state index is 11.8. The summed E-state index contributed by atoms with van der Waals surface area (Å²) in [5, 5.41) is 3.10. The number of carbonyl (C=O) groups excluding carboxylic acids is 1. The van der Waals surface area contributed by atoms with Gasteiger partial charge in [-0.1, -0.05) is 13.3 Å². The summed E-state index contributed by atoms with van der Waals surface area (Å²) in [4.78, 5) is 11.8. The van der Waals surface area contributed by atoms with E-state index in [-0.39, 0.29) is 11.1 Å². The molecular formula is C12H16ClNO2. The molecular weight excluding hydrogens is 226 g/mol. The minimum atomic E-state index is -0.140. The average Bonchev–Trinajstić information content (AvgIpc) is 2.63. The Kier molecular flexibility index (Phi) is 3.24. The van der Waals surface area contributed by atoms with Gasteiger partial charge in [0, 0.05) is 6.54 Å². The van der Waals surface area contributed by atoms with Gasteiger partial charge in [0.1, 0.15) is 0 Å². The standard InChI is InChI=1S/C12H16ClNO2/c1-2-12(5-3-6-12)8-14-11(15)9-4-7-16-10(9)13/h4,7H,2-3,5-6,8H2,1H3,(H,14,15). The van der Waals surface area contributed by atoms with Gasteiger partial charge in [0.05, 0.1) is 11.8 Å². The largest absolute Gasteiger partial charge is 0.452 e. The Bertz CT molecular complexity index is 377. The van der Waals surface area contributed by atoms with E-state index in [1.165, 1.54) is 25.5 Å². The van der Waals surface area contributed by atoms with Crippen LogP contribution in [0.5, 0.6) is 0 Å². The van der Waals surface area contributed by atoms with Crippen LogP contribution in [0.3, 0.4) is 0 Å². The van der Waals surface area contributed by atoms with Gasteiger partial charge in [0.25, 0.3) is 5.91 Å². The van der Waals surface area contributed by atoms with E-state index < -0.39 is 0 Å². The molecule has 1 saturated carbocycles. The summed E-state index contributed by atoms with van der Waals surface area (Å²) in [6.45, 7) is 2.92. The van der Waals surface area contributed by atoms with Gasteiger partial charge in [-0.25, -0.2) is 0 Å². The van der Waals surface area contributed by atoms with E-state index in [4.69, 9.17) is 16.0 Å². The molecule has 1 aliphatic rings. The van der Waals surface area contributed by atoms with Crippen molar-refractivity contribution in [1.82, 2.24) is 5.32 Å². The fourth-order valence-electron chi connectivity index (χ4n) is 2.15. The van der Waals surface area contributed by atoms with Gasteiger partial charge in [-0.15, -0.1) is 0 Å². The Balaban J connectivity index is 1.91. The molecule has 1 aromatic heterocycles. The monoisotopic (exact) mass is 241 g/mol. The van der Waals surface area contributed by atoms with Crippen molar-refractivity contribution in [2.45, 2.75) is 32.6 Å². The van der Waals surface area contributed by atoms with Crippen LogP contribution in [0, 0.1) is 5.41 Å². The number of rotatable bonds is 4. The zero-order valence-electron chi connectivity index (χ0n) is 9.38. The molecule has 1 aromatic rings. The van der Waals surface area contributed by atoms with E-state index in [9.17, 15) is 4.79 Å². The van der Waals surface area contributed by atoms with Crippen LogP contribution in [0.1, 0.15) is 43.0 Å². The van der Waals surface area contributed by atoms with E-state index >= 15 is 0 Å². The van der Waals surface area contributed by atoms with Crippen molar-refractivity contribution in [3.63, 3.8) is 0 Å². The van der Waals surface area contributed by atoms with Crippen molar-refractivity contribution in [3.05, 3.63) is 23.1 Å². The molecule has 0 radical (unpaired) electrons.